The van der Waals surface area contributed by atoms with Gasteiger partial charge in [-0.1, -0.05) is 42.5 Å². The predicted molar refractivity (Wildman–Crippen MR) is 140 cm³/mol. The number of piperidine rings is 1. The zero-order valence-corrected chi connectivity index (χ0v) is 20.9. The van der Waals surface area contributed by atoms with Crippen molar-refractivity contribution in [3.8, 4) is 11.5 Å². The van der Waals surface area contributed by atoms with E-state index in [0.29, 0.717) is 23.8 Å². The molecule has 2 aliphatic carbocycles. The number of hydrogen-bond donors (Lipinski definition) is 3. The largest absolute Gasteiger partial charge is 0.504 e. The first-order valence-electron chi connectivity index (χ1n) is 12.5. The highest BCUT2D eigenvalue weighted by atomic mass is 32.1. The number of ether oxygens (including phenoxy) is 1. The number of likely N-dealkylation sites (tertiary alicyclic amines) is 1. The van der Waals surface area contributed by atoms with Crippen molar-refractivity contribution in [3.05, 3.63) is 71.8 Å². The van der Waals surface area contributed by atoms with Gasteiger partial charge in [0.1, 0.15) is 6.10 Å². The summed E-state index contributed by atoms with van der Waals surface area (Å²) in [4.78, 5) is 4.48. The average Bonchev–Trinajstić information content (AvgIpc) is 3.22. The first-order valence-corrected chi connectivity index (χ1v) is 13.0. The van der Waals surface area contributed by atoms with E-state index in [1.165, 1.54) is 11.1 Å². The molecule has 1 spiro atoms. The van der Waals surface area contributed by atoms with Crippen LogP contribution in [0.5, 0.6) is 11.5 Å². The molecule has 1 saturated heterocycles. The summed E-state index contributed by atoms with van der Waals surface area (Å²) in [7, 11) is 2.02. The van der Waals surface area contributed by atoms with Gasteiger partial charge in [0, 0.05) is 31.7 Å². The van der Waals surface area contributed by atoms with Crippen LogP contribution in [0.3, 0.4) is 0 Å². The molecule has 0 amide bonds. The minimum atomic E-state index is -0.929. The van der Waals surface area contributed by atoms with E-state index in [-0.39, 0.29) is 23.9 Å². The van der Waals surface area contributed by atoms with E-state index < -0.39 is 11.0 Å². The molecule has 5 atom stereocenters. The van der Waals surface area contributed by atoms with Gasteiger partial charge in [0.05, 0.1) is 17.1 Å². The van der Waals surface area contributed by atoms with Gasteiger partial charge in [0.2, 0.25) is 0 Å². The number of phenols is 1. The first-order chi connectivity index (χ1) is 16.9. The summed E-state index contributed by atoms with van der Waals surface area (Å²) in [6.07, 6.45) is 4.58. The highest BCUT2D eigenvalue weighted by molar-refractivity contribution is 7.80. The zero-order chi connectivity index (χ0) is 24.4. The van der Waals surface area contributed by atoms with E-state index >= 15 is 0 Å². The summed E-state index contributed by atoms with van der Waals surface area (Å²) in [5, 5.41) is 27.3. The van der Waals surface area contributed by atoms with Crippen molar-refractivity contribution in [1.82, 2.24) is 15.1 Å². The Bertz CT molecular complexity index is 1170. The molecule has 0 unspecified atom stereocenters. The average molecular weight is 492 g/mol. The second-order valence-electron chi connectivity index (χ2n) is 10.5. The fourth-order valence-electron chi connectivity index (χ4n) is 7.43. The Morgan fingerprint density at radius 3 is 2.86 bits per heavy atom. The third-order valence-electron chi connectivity index (χ3n) is 9.01. The lowest BCUT2D eigenvalue weighted by atomic mass is 9.48. The van der Waals surface area contributed by atoms with Crippen LogP contribution in [0, 0.1) is 0 Å². The van der Waals surface area contributed by atoms with Crippen molar-refractivity contribution in [3.63, 3.8) is 0 Å². The monoisotopic (exact) mass is 491 g/mol. The lowest BCUT2D eigenvalue weighted by Crippen LogP contribution is -2.78. The zero-order valence-electron chi connectivity index (χ0n) is 20.1. The van der Waals surface area contributed by atoms with Crippen molar-refractivity contribution in [2.24, 2.45) is 0 Å². The van der Waals surface area contributed by atoms with Crippen molar-refractivity contribution >= 4 is 17.3 Å². The molecule has 2 bridgehead atoms. The van der Waals surface area contributed by atoms with E-state index in [1.54, 1.807) is 6.07 Å². The number of aromatic hydroxyl groups is 1. The van der Waals surface area contributed by atoms with Gasteiger partial charge in [-0.2, -0.15) is 0 Å². The maximum absolute atomic E-state index is 12.5. The molecule has 2 aromatic carbocycles. The number of nitrogens with one attached hydrogen (secondary N) is 1. The van der Waals surface area contributed by atoms with Gasteiger partial charge in [-0.25, -0.2) is 0 Å². The number of phenolic OH excluding ortho intramolecular Hbond substituents is 1. The maximum atomic E-state index is 12.5. The number of rotatable bonds is 5. The molecule has 184 valence electrons. The Labute approximate surface area is 212 Å². The minimum Gasteiger partial charge on any atom is -0.504 e. The van der Waals surface area contributed by atoms with Crippen molar-refractivity contribution < 1.29 is 14.9 Å². The quantitative estimate of drug-likeness (QED) is 0.439. The first kappa shape index (κ1) is 22.8. The Morgan fingerprint density at radius 1 is 1.29 bits per heavy atom. The Hall–Kier alpha value is -2.61. The van der Waals surface area contributed by atoms with E-state index in [4.69, 9.17) is 17.0 Å². The smallest absolute Gasteiger partial charge is 0.169 e. The Balaban J connectivity index is 1.36. The topological polar surface area (TPSA) is 68.2 Å². The predicted octanol–water partition coefficient (Wildman–Crippen LogP) is 3.11. The molecule has 2 aromatic rings. The van der Waals surface area contributed by atoms with Crippen molar-refractivity contribution in [2.75, 3.05) is 20.1 Å². The molecular formula is C28H33N3O3S. The number of likely N-dealkylation sites (N-methyl/N-ethyl adjacent to an activating group) is 1. The van der Waals surface area contributed by atoms with Gasteiger partial charge in [0.25, 0.3) is 0 Å². The molecular weight excluding hydrogens is 458 g/mol. The number of nitrogens with zero attached hydrogens (tertiary/aromatic N) is 2. The lowest BCUT2D eigenvalue weighted by Gasteiger charge is -2.64. The van der Waals surface area contributed by atoms with Crippen LogP contribution in [-0.4, -0.2) is 69.1 Å². The Morgan fingerprint density at radius 2 is 2.09 bits per heavy atom. The van der Waals surface area contributed by atoms with E-state index in [1.807, 2.05) is 37.4 Å². The Kier molecular flexibility index (Phi) is 5.36. The van der Waals surface area contributed by atoms with Crippen LogP contribution in [0.1, 0.15) is 36.0 Å². The van der Waals surface area contributed by atoms with Crippen molar-refractivity contribution in [2.45, 2.75) is 61.4 Å². The van der Waals surface area contributed by atoms with Crippen LogP contribution in [0.2, 0.25) is 0 Å². The van der Waals surface area contributed by atoms with Gasteiger partial charge < -0.3 is 25.2 Å². The molecule has 0 radical (unpaired) electrons. The molecule has 0 aromatic heterocycles. The van der Waals surface area contributed by atoms with Crippen LogP contribution in [0.4, 0.5) is 0 Å². The third-order valence-corrected chi connectivity index (χ3v) is 9.44. The summed E-state index contributed by atoms with van der Waals surface area (Å²) in [6.45, 7) is 6.22. The molecule has 4 aliphatic rings. The second kappa shape index (κ2) is 8.22. The number of benzene rings is 2. The van der Waals surface area contributed by atoms with Gasteiger partial charge in [-0.15, -0.1) is 6.58 Å². The highest BCUT2D eigenvalue weighted by Crippen LogP contribution is 2.65. The number of hydrogen-bond acceptors (Lipinski definition) is 5. The molecule has 2 aliphatic heterocycles. The maximum Gasteiger partial charge on any atom is 0.169 e. The van der Waals surface area contributed by atoms with E-state index in [9.17, 15) is 10.2 Å². The summed E-state index contributed by atoms with van der Waals surface area (Å²) >= 11 is 5.82. The normalized spacial score (nSPS) is 32.3. The van der Waals surface area contributed by atoms with Crippen LogP contribution in [-0.2, 0) is 18.4 Å². The second-order valence-corrected chi connectivity index (χ2v) is 10.9. The van der Waals surface area contributed by atoms with E-state index in [2.05, 4.69) is 33.8 Å². The van der Waals surface area contributed by atoms with Crippen LogP contribution in [0.15, 0.2) is 55.1 Å². The summed E-state index contributed by atoms with van der Waals surface area (Å²) < 4.78 is 6.64. The van der Waals surface area contributed by atoms with E-state index in [0.717, 1.165) is 37.9 Å². The lowest BCUT2D eigenvalue weighted by molar-refractivity contribution is -0.194. The van der Waals surface area contributed by atoms with Gasteiger partial charge >= 0.3 is 0 Å². The molecule has 6 nitrogen and oxygen atoms in total. The van der Waals surface area contributed by atoms with Gasteiger partial charge in [-0.05, 0) is 61.6 Å². The van der Waals surface area contributed by atoms with Crippen molar-refractivity contribution in [1.29, 1.82) is 0 Å². The summed E-state index contributed by atoms with van der Waals surface area (Å²) in [5.41, 5.74) is 1.88. The van der Waals surface area contributed by atoms with Crippen LogP contribution in [0.25, 0.3) is 0 Å². The number of aliphatic hydroxyl groups is 1. The standard InChI is InChI=1S/C28H33N3O3S/c1-3-14-31-15-13-27-23-19-9-10-21(32)24(23)34-25(27)20(11-12-28(27,33)22(31)16-19)30(2)26(35)29-17-18-7-5-4-6-8-18/h3-10,20,22,25,32-33H,1,11-17H2,2H3,(H,29,35)/t20-,22-,25+,27+,28-/m1/s1. The molecule has 2 fully saturated rings. The minimum absolute atomic E-state index is 0.00208. The molecule has 3 N–H and O–H groups in total. The molecule has 1 saturated carbocycles. The SMILES string of the molecule is C=CCN1CC[C@]23c4c5ccc(O)c4O[C@H]2[C@H](N(C)C(=S)NCc2ccccc2)CC[C@@]3(O)[C@H]1C5. The van der Waals surface area contributed by atoms with Gasteiger partial charge in [0.15, 0.2) is 16.6 Å². The molecule has 7 heteroatoms. The summed E-state index contributed by atoms with van der Waals surface area (Å²) in [6, 6.07) is 14.0. The van der Waals surface area contributed by atoms with Crippen LogP contribution >= 0.6 is 12.2 Å². The molecule has 2 heterocycles. The van der Waals surface area contributed by atoms with Crippen LogP contribution < -0.4 is 10.1 Å². The molecule has 35 heavy (non-hydrogen) atoms. The summed E-state index contributed by atoms with van der Waals surface area (Å²) in [5.74, 6) is 0.720. The fourth-order valence-corrected chi connectivity index (χ4v) is 7.64. The highest BCUT2D eigenvalue weighted by Gasteiger charge is 2.73. The van der Waals surface area contributed by atoms with Gasteiger partial charge in [-0.3, -0.25) is 4.90 Å². The molecule has 6 rings (SSSR count). The fraction of sp³-hybridized carbons (Fsp3) is 0.464. The number of thiocarbonyl (C=S) groups is 1. The third kappa shape index (κ3) is 3.11.